The van der Waals surface area contributed by atoms with Gasteiger partial charge in [0.25, 0.3) is 0 Å². The van der Waals surface area contributed by atoms with Crippen molar-refractivity contribution in [3.05, 3.63) is 95.8 Å². The third-order valence-corrected chi connectivity index (χ3v) is 8.16. The minimum absolute atomic E-state index is 0.158. The van der Waals surface area contributed by atoms with Gasteiger partial charge in [-0.05, 0) is 71.8 Å². The molecule has 220 valence electrons. The highest BCUT2D eigenvalue weighted by molar-refractivity contribution is 5.90. The van der Waals surface area contributed by atoms with E-state index in [2.05, 4.69) is 51.6 Å². The number of hydrogen-bond acceptors (Lipinski definition) is 8. The first kappa shape index (κ1) is 28.7. The van der Waals surface area contributed by atoms with Gasteiger partial charge in [0.05, 0.1) is 37.9 Å². The molecule has 0 spiro atoms. The van der Waals surface area contributed by atoms with E-state index in [1.54, 1.807) is 38.0 Å². The largest absolute Gasteiger partial charge is 0.496 e. The number of hydrogen-bond donors (Lipinski definition) is 3. The van der Waals surface area contributed by atoms with Crippen LogP contribution in [0.3, 0.4) is 0 Å². The van der Waals surface area contributed by atoms with Gasteiger partial charge >= 0.3 is 0 Å². The Balaban J connectivity index is 1.31. The third-order valence-electron chi connectivity index (χ3n) is 8.16. The van der Waals surface area contributed by atoms with Crippen molar-refractivity contribution in [2.24, 2.45) is 0 Å². The van der Waals surface area contributed by atoms with Crippen molar-refractivity contribution in [1.82, 2.24) is 20.3 Å². The lowest BCUT2D eigenvalue weighted by atomic mass is 9.90. The van der Waals surface area contributed by atoms with Crippen molar-refractivity contribution in [2.75, 3.05) is 25.6 Å². The molecule has 1 aliphatic rings. The van der Waals surface area contributed by atoms with Crippen LogP contribution in [-0.2, 0) is 11.3 Å². The summed E-state index contributed by atoms with van der Waals surface area (Å²) in [4.78, 5) is 13.2. The molecule has 1 aliphatic heterocycles. The zero-order valence-electron chi connectivity index (χ0n) is 24.4. The number of rotatable bonds is 8. The highest BCUT2D eigenvalue weighted by Gasteiger charge is 2.24. The Hall–Kier alpha value is -4.44. The molecule has 2 aromatic heterocycles. The van der Waals surface area contributed by atoms with Gasteiger partial charge in [0.15, 0.2) is 0 Å². The fraction of sp³-hybridized carbons (Fsp3) is 0.265. The fourth-order valence-corrected chi connectivity index (χ4v) is 5.75. The minimum atomic E-state index is -0.623. The molecule has 3 N–H and O–H groups in total. The standard InChI is InChI=1S/C34H34FN5O3/c1-20-23(22-14-27(35)26(33(15-22)42-3)16-39-29-10-13-43-19-32(29)41)6-4-7-24(20)25-8-5-9-28(21(25)2)40-31-18-36-17-30-34(31)38-12-11-37-30/h4-9,11-12,14-15,17-18,29,32,39-41H,10,13,16,19H2,1-3H3/t29-,32+/m1/s1. The maximum absolute atomic E-state index is 15.6. The maximum Gasteiger partial charge on any atom is 0.132 e. The van der Waals surface area contributed by atoms with E-state index in [4.69, 9.17) is 9.47 Å². The van der Waals surface area contributed by atoms with Crippen LogP contribution < -0.4 is 15.4 Å². The summed E-state index contributed by atoms with van der Waals surface area (Å²) < 4.78 is 26.5. The first-order valence-corrected chi connectivity index (χ1v) is 14.3. The predicted molar refractivity (Wildman–Crippen MR) is 166 cm³/mol. The summed E-state index contributed by atoms with van der Waals surface area (Å²) in [5.74, 6) is 0.102. The molecule has 2 atom stereocenters. The second-order valence-corrected chi connectivity index (χ2v) is 10.7. The monoisotopic (exact) mass is 579 g/mol. The van der Waals surface area contributed by atoms with E-state index >= 15 is 4.39 Å². The van der Waals surface area contributed by atoms with Crippen molar-refractivity contribution in [2.45, 2.75) is 39.0 Å². The average molecular weight is 580 g/mol. The summed E-state index contributed by atoms with van der Waals surface area (Å²) in [6.07, 6.45) is 6.81. The van der Waals surface area contributed by atoms with Crippen LogP contribution in [0.1, 0.15) is 23.1 Å². The molecule has 6 rings (SSSR count). The number of anilines is 2. The van der Waals surface area contributed by atoms with Gasteiger partial charge in [-0.3, -0.25) is 15.0 Å². The van der Waals surface area contributed by atoms with Crippen LogP contribution in [0, 0.1) is 19.7 Å². The first-order chi connectivity index (χ1) is 20.9. The van der Waals surface area contributed by atoms with Gasteiger partial charge in [0.1, 0.15) is 22.6 Å². The molecule has 0 amide bonds. The van der Waals surface area contributed by atoms with Gasteiger partial charge in [-0.2, -0.15) is 0 Å². The zero-order valence-corrected chi connectivity index (χ0v) is 24.4. The van der Waals surface area contributed by atoms with Gasteiger partial charge in [0.2, 0.25) is 0 Å². The summed E-state index contributed by atoms with van der Waals surface area (Å²) in [6, 6.07) is 15.5. The molecule has 0 radical (unpaired) electrons. The Morgan fingerprint density at radius 3 is 2.56 bits per heavy atom. The number of aliphatic hydroxyl groups is 1. The summed E-state index contributed by atoms with van der Waals surface area (Å²) in [5, 5.41) is 17.0. The minimum Gasteiger partial charge on any atom is -0.496 e. The van der Waals surface area contributed by atoms with Crippen LogP contribution in [0.4, 0.5) is 15.8 Å². The Morgan fingerprint density at radius 2 is 1.74 bits per heavy atom. The van der Waals surface area contributed by atoms with E-state index in [1.807, 2.05) is 30.3 Å². The van der Waals surface area contributed by atoms with Crippen LogP contribution in [0.15, 0.2) is 73.3 Å². The SMILES string of the molecule is COc1cc(-c2cccc(-c3cccc(Nc4cncc5nccnc45)c3C)c2C)cc(F)c1CN[C@@H]1CCOC[C@@H]1O. The predicted octanol–water partition coefficient (Wildman–Crippen LogP) is 6.11. The number of aliphatic hydroxyl groups excluding tert-OH is 1. The molecule has 9 heteroatoms. The normalized spacial score (nSPS) is 16.8. The average Bonchev–Trinajstić information content (AvgIpc) is 3.02. The van der Waals surface area contributed by atoms with Crippen molar-refractivity contribution in [3.63, 3.8) is 0 Å². The van der Waals surface area contributed by atoms with E-state index in [0.29, 0.717) is 24.3 Å². The number of ether oxygens (including phenoxy) is 2. The Kier molecular flexibility index (Phi) is 8.29. The van der Waals surface area contributed by atoms with Crippen LogP contribution in [0.2, 0.25) is 0 Å². The number of nitrogens with one attached hydrogen (secondary N) is 2. The van der Waals surface area contributed by atoms with E-state index in [-0.39, 0.29) is 25.0 Å². The lowest BCUT2D eigenvalue weighted by Crippen LogP contribution is -2.46. The molecular weight excluding hydrogens is 545 g/mol. The summed E-state index contributed by atoms with van der Waals surface area (Å²) in [6.45, 7) is 5.22. The highest BCUT2D eigenvalue weighted by atomic mass is 19.1. The number of methoxy groups -OCH3 is 1. The lowest BCUT2D eigenvalue weighted by Gasteiger charge is -2.29. The molecule has 0 aliphatic carbocycles. The molecule has 43 heavy (non-hydrogen) atoms. The van der Waals surface area contributed by atoms with Crippen LogP contribution in [0.25, 0.3) is 33.3 Å². The lowest BCUT2D eigenvalue weighted by molar-refractivity contribution is -0.0281. The highest BCUT2D eigenvalue weighted by Crippen LogP contribution is 2.38. The topological polar surface area (TPSA) is 101 Å². The number of aromatic nitrogens is 3. The van der Waals surface area contributed by atoms with Crippen molar-refractivity contribution < 1.29 is 19.0 Å². The number of benzene rings is 3. The Morgan fingerprint density at radius 1 is 0.977 bits per heavy atom. The molecule has 3 aromatic carbocycles. The fourth-order valence-electron chi connectivity index (χ4n) is 5.75. The summed E-state index contributed by atoms with van der Waals surface area (Å²) in [7, 11) is 1.55. The van der Waals surface area contributed by atoms with Gasteiger partial charge in [0, 0.05) is 42.8 Å². The molecule has 0 unspecified atom stereocenters. The molecule has 5 aromatic rings. The number of nitrogens with zero attached hydrogens (tertiary/aromatic N) is 3. The second-order valence-electron chi connectivity index (χ2n) is 10.7. The molecule has 8 nitrogen and oxygen atoms in total. The van der Waals surface area contributed by atoms with Gasteiger partial charge in [-0.25, -0.2) is 4.39 Å². The van der Waals surface area contributed by atoms with E-state index in [0.717, 1.165) is 55.8 Å². The molecule has 3 heterocycles. The van der Waals surface area contributed by atoms with Gasteiger partial charge < -0.3 is 25.2 Å². The maximum atomic E-state index is 15.6. The van der Waals surface area contributed by atoms with Crippen LogP contribution in [-0.4, -0.2) is 52.5 Å². The van der Waals surface area contributed by atoms with E-state index < -0.39 is 6.10 Å². The molecular formula is C34H34FN5O3. The third kappa shape index (κ3) is 5.79. The number of fused-ring (bicyclic) bond motifs is 1. The summed E-state index contributed by atoms with van der Waals surface area (Å²) in [5.41, 5.74) is 9.45. The molecule has 0 saturated carbocycles. The van der Waals surface area contributed by atoms with Crippen LogP contribution >= 0.6 is 0 Å². The smallest absolute Gasteiger partial charge is 0.132 e. The van der Waals surface area contributed by atoms with Gasteiger partial charge in [-0.1, -0.05) is 30.3 Å². The molecule has 1 fully saturated rings. The van der Waals surface area contributed by atoms with E-state index in [9.17, 15) is 5.11 Å². The Bertz CT molecular complexity index is 1770. The van der Waals surface area contributed by atoms with Gasteiger partial charge in [-0.15, -0.1) is 0 Å². The van der Waals surface area contributed by atoms with Crippen molar-refractivity contribution in [1.29, 1.82) is 0 Å². The van der Waals surface area contributed by atoms with Crippen molar-refractivity contribution >= 4 is 22.4 Å². The van der Waals surface area contributed by atoms with Crippen molar-refractivity contribution in [3.8, 4) is 28.0 Å². The zero-order chi connectivity index (χ0) is 29.9. The molecule has 1 saturated heterocycles. The first-order valence-electron chi connectivity index (χ1n) is 14.3. The quantitative estimate of drug-likeness (QED) is 0.203. The molecule has 0 bridgehead atoms. The number of halogens is 1. The number of pyridine rings is 1. The second kappa shape index (κ2) is 12.4. The van der Waals surface area contributed by atoms with E-state index in [1.165, 1.54) is 0 Å². The summed E-state index contributed by atoms with van der Waals surface area (Å²) >= 11 is 0. The Labute approximate surface area is 250 Å². The van der Waals surface area contributed by atoms with Crippen LogP contribution in [0.5, 0.6) is 5.75 Å².